The molecule has 0 saturated heterocycles. The van der Waals surface area contributed by atoms with E-state index in [2.05, 4.69) is 6.92 Å². The van der Waals surface area contributed by atoms with Crippen molar-refractivity contribution in [1.82, 2.24) is 0 Å². The van der Waals surface area contributed by atoms with Crippen molar-refractivity contribution < 1.29 is 9.50 Å². The molecule has 0 amide bonds. The van der Waals surface area contributed by atoms with Gasteiger partial charge in [-0.2, -0.15) is 5.26 Å². The van der Waals surface area contributed by atoms with Crippen LogP contribution in [-0.4, -0.2) is 17.4 Å². The van der Waals surface area contributed by atoms with Crippen LogP contribution < -0.4 is 0 Å². The van der Waals surface area contributed by atoms with Crippen molar-refractivity contribution in [3.63, 3.8) is 0 Å². The lowest BCUT2D eigenvalue weighted by molar-refractivity contribution is -0.00546. The molecule has 96 valence electrons. The van der Waals surface area contributed by atoms with Gasteiger partial charge in [0.25, 0.3) is 0 Å². The summed E-state index contributed by atoms with van der Waals surface area (Å²) >= 11 is 0. The van der Waals surface area contributed by atoms with Crippen molar-refractivity contribution in [1.29, 1.82) is 5.26 Å². The Hall–Kier alpha value is -0.620. The third-order valence-corrected chi connectivity index (χ3v) is 4.75. The van der Waals surface area contributed by atoms with Crippen LogP contribution in [0, 0.1) is 35.0 Å². The predicted octanol–water partition coefficient (Wildman–Crippen LogP) is 3.06. The molecule has 1 N–H and O–H groups in total. The summed E-state index contributed by atoms with van der Waals surface area (Å²) in [6.07, 6.45) is 4.02. The lowest BCUT2D eigenvalue weighted by Gasteiger charge is -2.39. The maximum absolute atomic E-state index is 13.8. The van der Waals surface area contributed by atoms with Crippen LogP contribution in [0.2, 0.25) is 0 Å². The van der Waals surface area contributed by atoms with E-state index in [1.165, 1.54) is 25.7 Å². The van der Waals surface area contributed by atoms with Gasteiger partial charge in [0.2, 0.25) is 0 Å². The molecule has 4 unspecified atom stereocenters. The van der Waals surface area contributed by atoms with E-state index in [9.17, 15) is 9.50 Å². The molecule has 2 nitrogen and oxygen atoms in total. The SMILES string of the molecule is CC1CCC(C2CC(O)C(C#N)C(F)C2)CC1. The number of nitriles is 1. The molecule has 2 aliphatic rings. The van der Waals surface area contributed by atoms with Crippen LogP contribution >= 0.6 is 0 Å². The third-order valence-electron chi connectivity index (χ3n) is 4.75. The Morgan fingerprint density at radius 3 is 2.29 bits per heavy atom. The fourth-order valence-electron chi connectivity index (χ4n) is 3.54. The van der Waals surface area contributed by atoms with Gasteiger partial charge in [-0.3, -0.25) is 0 Å². The predicted molar refractivity (Wildman–Crippen MR) is 63.9 cm³/mol. The summed E-state index contributed by atoms with van der Waals surface area (Å²) in [5.41, 5.74) is 0. The monoisotopic (exact) mass is 239 g/mol. The van der Waals surface area contributed by atoms with Crippen molar-refractivity contribution in [2.75, 3.05) is 0 Å². The quantitative estimate of drug-likeness (QED) is 0.764. The van der Waals surface area contributed by atoms with E-state index in [-0.39, 0.29) is 5.92 Å². The Morgan fingerprint density at radius 1 is 1.12 bits per heavy atom. The van der Waals surface area contributed by atoms with E-state index >= 15 is 0 Å². The number of rotatable bonds is 1. The van der Waals surface area contributed by atoms with Crippen LogP contribution in [0.3, 0.4) is 0 Å². The van der Waals surface area contributed by atoms with Crippen LogP contribution in [-0.2, 0) is 0 Å². The summed E-state index contributed by atoms with van der Waals surface area (Å²) in [5, 5.41) is 18.6. The van der Waals surface area contributed by atoms with Gasteiger partial charge in [0.1, 0.15) is 12.1 Å². The number of hydrogen-bond acceptors (Lipinski definition) is 2. The largest absolute Gasteiger partial charge is 0.392 e. The smallest absolute Gasteiger partial charge is 0.119 e. The normalized spacial score (nSPS) is 47.4. The number of hydrogen-bond donors (Lipinski definition) is 1. The molecule has 17 heavy (non-hydrogen) atoms. The standard InChI is InChI=1S/C14H22FNO/c1-9-2-4-10(5-3-9)11-6-13(15)12(8-16)14(17)7-11/h9-14,17H,2-7H2,1H3. The zero-order valence-corrected chi connectivity index (χ0v) is 10.5. The number of nitrogens with zero attached hydrogens (tertiary/aromatic N) is 1. The van der Waals surface area contributed by atoms with E-state index in [0.29, 0.717) is 18.8 Å². The minimum atomic E-state index is -1.13. The number of alkyl halides is 1. The van der Waals surface area contributed by atoms with Gasteiger partial charge in [0, 0.05) is 0 Å². The van der Waals surface area contributed by atoms with Crippen LogP contribution in [0.25, 0.3) is 0 Å². The Morgan fingerprint density at radius 2 is 1.76 bits per heavy atom. The van der Waals surface area contributed by atoms with Crippen molar-refractivity contribution >= 4 is 0 Å². The van der Waals surface area contributed by atoms with Gasteiger partial charge >= 0.3 is 0 Å². The molecule has 0 bridgehead atoms. The van der Waals surface area contributed by atoms with Crippen LogP contribution in [0.4, 0.5) is 4.39 Å². The first-order valence-corrected chi connectivity index (χ1v) is 6.83. The van der Waals surface area contributed by atoms with E-state index in [1.54, 1.807) is 0 Å². The molecule has 0 heterocycles. The average Bonchev–Trinajstić information content (AvgIpc) is 2.29. The maximum atomic E-state index is 13.8. The molecule has 0 aromatic heterocycles. The summed E-state index contributed by atoms with van der Waals surface area (Å²) in [5.74, 6) is 0.859. The fourth-order valence-corrected chi connectivity index (χ4v) is 3.54. The molecular weight excluding hydrogens is 217 g/mol. The van der Waals surface area contributed by atoms with Gasteiger partial charge in [0.05, 0.1) is 12.2 Å². The molecule has 0 aromatic carbocycles. The molecule has 3 heteroatoms. The van der Waals surface area contributed by atoms with Crippen molar-refractivity contribution in [3.05, 3.63) is 0 Å². The lowest BCUT2D eigenvalue weighted by Crippen LogP contribution is -2.40. The highest BCUT2D eigenvalue weighted by atomic mass is 19.1. The van der Waals surface area contributed by atoms with Gasteiger partial charge in [0.15, 0.2) is 0 Å². The third kappa shape index (κ3) is 2.80. The highest BCUT2D eigenvalue weighted by Crippen LogP contribution is 2.42. The minimum Gasteiger partial charge on any atom is -0.392 e. The molecule has 0 spiro atoms. The molecule has 2 fully saturated rings. The molecule has 0 radical (unpaired) electrons. The highest BCUT2D eigenvalue weighted by Gasteiger charge is 2.40. The zero-order valence-electron chi connectivity index (χ0n) is 10.5. The number of aliphatic hydroxyl groups is 1. The van der Waals surface area contributed by atoms with E-state index in [0.717, 1.165) is 5.92 Å². The Kier molecular flexibility index (Phi) is 4.04. The molecular formula is C14H22FNO. The van der Waals surface area contributed by atoms with Crippen LogP contribution in [0.15, 0.2) is 0 Å². The van der Waals surface area contributed by atoms with Gasteiger partial charge < -0.3 is 5.11 Å². The number of aliphatic hydroxyl groups excluding tert-OH is 1. The second kappa shape index (κ2) is 5.35. The first-order valence-electron chi connectivity index (χ1n) is 6.83. The first-order chi connectivity index (χ1) is 8.11. The summed E-state index contributed by atoms with van der Waals surface area (Å²) < 4.78 is 13.8. The molecule has 2 aliphatic carbocycles. The summed E-state index contributed by atoms with van der Waals surface area (Å²) in [6, 6.07) is 1.91. The molecule has 2 saturated carbocycles. The van der Waals surface area contributed by atoms with Crippen molar-refractivity contribution in [2.45, 2.75) is 57.7 Å². The Bertz CT molecular complexity index is 281. The van der Waals surface area contributed by atoms with Crippen molar-refractivity contribution in [3.8, 4) is 6.07 Å². The lowest BCUT2D eigenvalue weighted by atomic mass is 9.68. The fraction of sp³-hybridized carbons (Fsp3) is 0.929. The van der Waals surface area contributed by atoms with Crippen molar-refractivity contribution in [2.24, 2.45) is 23.7 Å². The summed E-state index contributed by atoms with van der Waals surface area (Å²) in [6.45, 7) is 2.27. The van der Waals surface area contributed by atoms with Crippen LogP contribution in [0.1, 0.15) is 45.4 Å². The number of halogens is 1. The molecule has 0 aliphatic heterocycles. The minimum absolute atomic E-state index is 0.289. The first kappa shape index (κ1) is 12.8. The zero-order chi connectivity index (χ0) is 12.4. The second-order valence-corrected chi connectivity index (χ2v) is 5.99. The van der Waals surface area contributed by atoms with E-state index in [1.807, 2.05) is 6.07 Å². The van der Waals surface area contributed by atoms with E-state index in [4.69, 9.17) is 5.26 Å². The average molecular weight is 239 g/mol. The van der Waals surface area contributed by atoms with Gasteiger partial charge in [-0.15, -0.1) is 0 Å². The Labute approximate surface area is 103 Å². The van der Waals surface area contributed by atoms with Gasteiger partial charge in [-0.05, 0) is 43.4 Å². The second-order valence-electron chi connectivity index (χ2n) is 5.99. The van der Waals surface area contributed by atoms with Gasteiger partial charge in [-0.25, -0.2) is 4.39 Å². The van der Waals surface area contributed by atoms with Gasteiger partial charge in [-0.1, -0.05) is 19.8 Å². The van der Waals surface area contributed by atoms with E-state index < -0.39 is 18.2 Å². The molecule has 2 rings (SSSR count). The summed E-state index contributed by atoms with van der Waals surface area (Å²) in [7, 11) is 0. The van der Waals surface area contributed by atoms with Crippen LogP contribution in [0.5, 0.6) is 0 Å². The topological polar surface area (TPSA) is 44.0 Å². The summed E-state index contributed by atoms with van der Waals surface area (Å²) in [4.78, 5) is 0. The molecule has 0 aromatic rings. The molecule has 4 atom stereocenters. The Balaban J connectivity index is 1.93. The highest BCUT2D eigenvalue weighted by molar-refractivity contribution is 4.99. The maximum Gasteiger partial charge on any atom is 0.119 e.